The lowest BCUT2D eigenvalue weighted by molar-refractivity contribution is 0.102. The van der Waals surface area contributed by atoms with Crippen molar-refractivity contribution in [2.45, 2.75) is 6.92 Å². The number of nitrogens with zero attached hydrogens (tertiary/aromatic N) is 1. The molecule has 1 heterocycles. The highest BCUT2D eigenvalue weighted by molar-refractivity contribution is 7.08. The molecule has 0 fully saturated rings. The number of amides is 1. The van der Waals surface area contributed by atoms with Crippen molar-refractivity contribution in [1.29, 1.82) is 0 Å². The topological polar surface area (TPSA) is 61.7 Å². The van der Waals surface area contributed by atoms with Crippen LogP contribution in [0, 0.1) is 0 Å². The van der Waals surface area contributed by atoms with E-state index in [-0.39, 0.29) is 5.91 Å². The standard InChI is InChI=1S/C13H12N2O2S/c1-9(15-17)10-2-4-12(5-3-10)14-13(16)11-6-7-18-8-11/h2-8,17H,1H3,(H,14,16)/b15-9+. The Morgan fingerprint density at radius 3 is 2.50 bits per heavy atom. The Labute approximate surface area is 109 Å². The van der Waals surface area contributed by atoms with Crippen LogP contribution in [0.15, 0.2) is 46.2 Å². The average Bonchev–Trinajstić information content (AvgIpc) is 2.92. The zero-order chi connectivity index (χ0) is 13.0. The van der Waals surface area contributed by atoms with Crippen molar-refractivity contribution >= 4 is 28.6 Å². The number of carbonyl (C=O) groups is 1. The van der Waals surface area contributed by atoms with Crippen molar-refractivity contribution in [3.05, 3.63) is 52.2 Å². The molecule has 2 aromatic rings. The molecule has 92 valence electrons. The molecule has 0 atom stereocenters. The maximum Gasteiger partial charge on any atom is 0.256 e. The van der Waals surface area contributed by atoms with E-state index in [0.29, 0.717) is 17.0 Å². The van der Waals surface area contributed by atoms with Gasteiger partial charge in [-0.15, -0.1) is 0 Å². The fourth-order valence-corrected chi connectivity index (χ4v) is 2.09. The molecule has 1 aromatic carbocycles. The Balaban J connectivity index is 2.09. The maximum absolute atomic E-state index is 11.8. The minimum Gasteiger partial charge on any atom is -0.411 e. The Morgan fingerprint density at radius 2 is 1.94 bits per heavy atom. The smallest absolute Gasteiger partial charge is 0.256 e. The number of benzene rings is 1. The molecule has 0 bridgehead atoms. The molecular weight excluding hydrogens is 248 g/mol. The molecule has 5 heteroatoms. The second-order valence-electron chi connectivity index (χ2n) is 3.73. The number of thiophene rings is 1. The monoisotopic (exact) mass is 260 g/mol. The van der Waals surface area contributed by atoms with Crippen molar-refractivity contribution in [1.82, 2.24) is 0 Å². The number of nitrogens with one attached hydrogen (secondary N) is 1. The van der Waals surface area contributed by atoms with E-state index in [1.165, 1.54) is 11.3 Å². The summed E-state index contributed by atoms with van der Waals surface area (Å²) in [5.74, 6) is -0.128. The number of hydrogen-bond acceptors (Lipinski definition) is 4. The summed E-state index contributed by atoms with van der Waals surface area (Å²) in [6.45, 7) is 1.71. The SMILES string of the molecule is C/C(=N\O)c1ccc(NC(=O)c2ccsc2)cc1. The van der Waals surface area contributed by atoms with Crippen molar-refractivity contribution < 1.29 is 10.0 Å². The first-order chi connectivity index (χ1) is 8.70. The molecule has 4 nitrogen and oxygen atoms in total. The lowest BCUT2D eigenvalue weighted by atomic mass is 10.1. The summed E-state index contributed by atoms with van der Waals surface area (Å²) < 4.78 is 0. The molecular formula is C13H12N2O2S. The van der Waals surface area contributed by atoms with Gasteiger partial charge in [0, 0.05) is 11.1 Å². The summed E-state index contributed by atoms with van der Waals surface area (Å²) in [5.41, 5.74) is 2.70. The molecule has 0 aliphatic rings. The van der Waals surface area contributed by atoms with Crippen molar-refractivity contribution in [3.8, 4) is 0 Å². The molecule has 2 rings (SSSR count). The third-order valence-electron chi connectivity index (χ3n) is 2.49. The zero-order valence-electron chi connectivity index (χ0n) is 9.75. The average molecular weight is 260 g/mol. The van der Waals surface area contributed by atoms with Gasteiger partial charge in [0.25, 0.3) is 5.91 Å². The van der Waals surface area contributed by atoms with E-state index < -0.39 is 0 Å². The third-order valence-corrected chi connectivity index (χ3v) is 3.18. The molecule has 0 radical (unpaired) electrons. The fraction of sp³-hybridized carbons (Fsp3) is 0.0769. The number of carbonyl (C=O) groups excluding carboxylic acids is 1. The lowest BCUT2D eigenvalue weighted by Crippen LogP contribution is -2.10. The van der Waals surface area contributed by atoms with Crippen LogP contribution in [0.25, 0.3) is 0 Å². The van der Waals surface area contributed by atoms with Crippen molar-refractivity contribution in [2.75, 3.05) is 5.32 Å². The first-order valence-corrected chi connectivity index (χ1v) is 6.27. The van der Waals surface area contributed by atoms with Crippen LogP contribution in [-0.4, -0.2) is 16.8 Å². The predicted octanol–water partition coefficient (Wildman–Crippen LogP) is 3.20. The van der Waals surface area contributed by atoms with E-state index >= 15 is 0 Å². The lowest BCUT2D eigenvalue weighted by Gasteiger charge is -2.05. The molecule has 1 aromatic heterocycles. The normalized spacial score (nSPS) is 11.3. The van der Waals surface area contributed by atoms with Crippen LogP contribution in [0.5, 0.6) is 0 Å². The number of anilines is 1. The first-order valence-electron chi connectivity index (χ1n) is 5.33. The second kappa shape index (κ2) is 5.46. The molecule has 0 unspecified atom stereocenters. The Kier molecular flexibility index (Phi) is 3.74. The Bertz CT molecular complexity index is 559. The minimum absolute atomic E-state index is 0.128. The zero-order valence-corrected chi connectivity index (χ0v) is 10.6. The highest BCUT2D eigenvalue weighted by Crippen LogP contribution is 2.13. The third kappa shape index (κ3) is 2.75. The van der Waals surface area contributed by atoms with Crippen LogP contribution in [0.1, 0.15) is 22.8 Å². The first kappa shape index (κ1) is 12.3. The number of hydrogen-bond donors (Lipinski definition) is 2. The van der Waals surface area contributed by atoms with E-state index in [9.17, 15) is 4.79 Å². The van der Waals surface area contributed by atoms with E-state index in [2.05, 4.69) is 10.5 Å². The molecule has 0 spiro atoms. The van der Waals surface area contributed by atoms with Gasteiger partial charge in [0.2, 0.25) is 0 Å². The van der Waals surface area contributed by atoms with Gasteiger partial charge in [-0.3, -0.25) is 4.79 Å². The van der Waals surface area contributed by atoms with Gasteiger partial charge < -0.3 is 10.5 Å². The highest BCUT2D eigenvalue weighted by Gasteiger charge is 2.06. The summed E-state index contributed by atoms with van der Waals surface area (Å²) >= 11 is 1.48. The van der Waals surface area contributed by atoms with E-state index in [1.54, 1.807) is 42.6 Å². The quantitative estimate of drug-likeness (QED) is 0.505. The second-order valence-corrected chi connectivity index (χ2v) is 4.51. The predicted molar refractivity (Wildman–Crippen MR) is 72.7 cm³/mol. The summed E-state index contributed by atoms with van der Waals surface area (Å²) in [4.78, 5) is 11.8. The van der Waals surface area contributed by atoms with Gasteiger partial charge in [-0.1, -0.05) is 17.3 Å². The summed E-state index contributed by atoms with van der Waals surface area (Å²) in [6, 6.07) is 8.90. The maximum atomic E-state index is 11.8. The van der Waals surface area contributed by atoms with Crippen LogP contribution in [-0.2, 0) is 0 Å². The molecule has 18 heavy (non-hydrogen) atoms. The molecule has 1 amide bonds. The van der Waals surface area contributed by atoms with E-state index in [4.69, 9.17) is 5.21 Å². The fourth-order valence-electron chi connectivity index (χ4n) is 1.45. The molecule has 0 saturated heterocycles. The van der Waals surface area contributed by atoms with Crippen molar-refractivity contribution in [3.63, 3.8) is 0 Å². The molecule has 2 N–H and O–H groups in total. The van der Waals surface area contributed by atoms with Crippen LogP contribution < -0.4 is 5.32 Å². The molecule has 0 aliphatic carbocycles. The highest BCUT2D eigenvalue weighted by atomic mass is 32.1. The van der Waals surface area contributed by atoms with Gasteiger partial charge >= 0.3 is 0 Å². The van der Waals surface area contributed by atoms with Crippen molar-refractivity contribution in [2.24, 2.45) is 5.16 Å². The van der Waals surface area contributed by atoms with E-state index in [0.717, 1.165) is 5.56 Å². The summed E-state index contributed by atoms with van der Waals surface area (Å²) in [7, 11) is 0. The van der Waals surface area contributed by atoms with Crippen LogP contribution >= 0.6 is 11.3 Å². The van der Waals surface area contributed by atoms with Crippen LogP contribution in [0.2, 0.25) is 0 Å². The minimum atomic E-state index is -0.128. The Hall–Kier alpha value is -2.14. The van der Waals surface area contributed by atoms with Crippen LogP contribution in [0.3, 0.4) is 0 Å². The van der Waals surface area contributed by atoms with Crippen LogP contribution in [0.4, 0.5) is 5.69 Å². The van der Waals surface area contributed by atoms with Gasteiger partial charge in [-0.2, -0.15) is 11.3 Å². The van der Waals surface area contributed by atoms with Gasteiger partial charge in [0.15, 0.2) is 0 Å². The number of rotatable bonds is 3. The summed E-state index contributed by atoms with van der Waals surface area (Å²) in [6.07, 6.45) is 0. The van der Waals surface area contributed by atoms with Gasteiger partial charge in [0.05, 0.1) is 11.3 Å². The Morgan fingerprint density at radius 1 is 1.22 bits per heavy atom. The molecule has 0 aliphatic heterocycles. The molecule has 0 saturated carbocycles. The largest absolute Gasteiger partial charge is 0.411 e. The van der Waals surface area contributed by atoms with Gasteiger partial charge in [0.1, 0.15) is 0 Å². The van der Waals surface area contributed by atoms with Gasteiger partial charge in [-0.25, -0.2) is 0 Å². The number of oxime groups is 1. The van der Waals surface area contributed by atoms with E-state index in [1.807, 2.05) is 5.38 Å². The summed E-state index contributed by atoms with van der Waals surface area (Å²) in [5, 5.41) is 18.2. The van der Waals surface area contributed by atoms with Gasteiger partial charge in [-0.05, 0) is 36.1 Å².